The Morgan fingerprint density at radius 1 is 0.750 bits per heavy atom. The molecule has 0 saturated carbocycles. The maximum Gasteiger partial charge on any atom is 0.231 e. The second kappa shape index (κ2) is 7.96. The molecule has 162 valence electrons. The van der Waals surface area contributed by atoms with Crippen molar-refractivity contribution in [3.63, 3.8) is 0 Å². The minimum Gasteiger partial charge on any atom is -0.497 e. The van der Waals surface area contributed by atoms with Crippen molar-refractivity contribution < 1.29 is 23.4 Å². The topological polar surface area (TPSA) is 62.4 Å². The van der Waals surface area contributed by atoms with E-state index < -0.39 is 0 Å². The number of hydrogen-bond acceptors (Lipinski definition) is 6. The fraction of sp³-hybridized carbons (Fsp3) is 0.192. The Kier molecular flexibility index (Phi) is 4.98. The van der Waals surface area contributed by atoms with E-state index in [1.807, 2.05) is 62.4 Å². The van der Waals surface area contributed by atoms with Gasteiger partial charge in [0.1, 0.15) is 23.0 Å². The Morgan fingerprint density at radius 2 is 1.50 bits per heavy atom. The lowest BCUT2D eigenvalue weighted by molar-refractivity contribution is 0.174. The van der Waals surface area contributed by atoms with Gasteiger partial charge in [0, 0.05) is 6.07 Å². The zero-order valence-corrected chi connectivity index (χ0v) is 18.4. The number of ether oxygens (including phenoxy) is 4. The first-order valence-corrected chi connectivity index (χ1v) is 10.3. The van der Waals surface area contributed by atoms with Crippen LogP contribution in [0.1, 0.15) is 11.5 Å². The summed E-state index contributed by atoms with van der Waals surface area (Å²) < 4.78 is 28.0. The summed E-state index contributed by atoms with van der Waals surface area (Å²) in [6.45, 7) is 4.11. The molecular formula is C26H23NO5. The molecule has 2 heterocycles. The van der Waals surface area contributed by atoms with E-state index in [2.05, 4.69) is 6.07 Å². The van der Waals surface area contributed by atoms with Gasteiger partial charge in [-0.15, -0.1) is 0 Å². The van der Waals surface area contributed by atoms with E-state index >= 15 is 0 Å². The first kappa shape index (κ1) is 20.0. The van der Waals surface area contributed by atoms with Gasteiger partial charge in [-0.05, 0) is 61.4 Å². The number of nitrogens with zero attached hydrogens (tertiary/aromatic N) is 1. The second-order valence-corrected chi connectivity index (χ2v) is 7.54. The van der Waals surface area contributed by atoms with Crippen molar-refractivity contribution in [2.24, 2.45) is 4.99 Å². The molecule has 0 saturated heterocycles. The van der Waals surface area contributed by atoms with Crippen molar-refractivity contribution in [2.75, 3.05) is 21.0 Å². The van der Waals surface area contributed by atoms with Gasteiger partial charge >= 0.3 is 0 Å². The van der Waals surface area contributed by atoms with Crippen LogP contribution in [0, 0.1) is 13.8 Å². The minimum absolute atomic E-state index is 0.224. The molecule has 0 spiro atoms. The van der Waals surface area contributed by atoms with Gasteiger partial charge in [-0.1, -0.05) is 12.1 Å². The van der Waals surface area contributed by atoms with Gasteiger partial charge in [-0.2, -0.15) is 0 Å². The van der Waals surface area contributed by atoms with Crippen molar-refractivity contribution in [3.05, 3.63) is 71.5 Å². The highest BCUT2D eigenvalue weighted by atomic mass is 16.7. The fourth-order valence-electron chi connectivity index (χ4n) is 4.06. The van der Waals surface area contributed by atoms with E-state index in [0.29, 0.717) is 5.75 Å². The number of hydrogen-bond donors (Lipinski definition) is 0. The van der Waals surface area contributed by atoms with Crippen LogP contribution in [0.2, 0.25) is 0 Å². The van der Waals surface area contributed by atoms with E-state index in [1.54, 1.807) is 14.2 Å². The predicted octanol–water partition coefficient (Wildman–Crippen LogP) is 5.69. The number of rotatable bonds is 4. The predicted molar refractivity (Wildman–Crippen MR) is 122 cm³/mol. The minimum atomic E-state index is 0.224. The summed E-state index contributed by atoms with van der Waals surface area (Å²) in [4.78, 5) is 4.98. The first-order valence-electron chi connectivity index (χ1n) is 10.3. The molecule has 0 amide bonds. The number of benzene rings is 2. The Bertz CT molecular complexity index is 1390. The third-order valence-electron chi connectivity index (χ3n) is 5.59. The second-order valence-electron chi connectivity index (χ2n) is 7.54. The van der Waals surface area contributed by atoms with E-state index in [9.17, 15) is 0 Å². The molecule has 5 rings (SSSR count). The molecule has 1 aliphatic rings. The molecule has 3 aromatic carbocycles. The van der Waals surface area contributed by atoms with Crippen LogP contribution >= 0.6 is 0 Å². The lowest BCUT2D eigenvalue weighted by Gasteiger charge is -2.04. The van der Waals surface area contributed by atoms with Crippen molar-refractivity contribution in [3.8, 4) is 34.1 Å². The highest BCUT2D eigenvalue weighted by Crippen LogP contribution is 2.36. The Labute approximate surface area is 185 Å². The third-order valence-corrected chi connectivity index (χ3v) is 5.59. The number of fused-ring (bicyclic) bond motifs is 2. The number of furan rings is 1. The average molecular weight is 429 g/mol. The van der Waals surface area contributed by atoms with E-state index in [1.165, 1.54) is 0 Å². The monoisotopic (exact) mass is 429 g/mol. The number of methoxy groups -OCH3 is 2. The van der Waals surface area contributed by atoms with Gasteiger partial charge in [0.25, 0.3) is 0 Å². The largest absolute Gasteiger partial charge is 0.497 e. The standard InChI is InChI=1S/C26H23NO5/c1-15-25-21(27-19-7-10-22-23(13-19)31-14-30-22)11-18(17-5-8-20(28-3)9-6-17)12-24(29-4)26(25)16(2)32-15/h5-13H,14H2,1-4H3. The van der Waals surface area contributed by atoms with Gasteiger partial charge in [0.2, 0.25) is 6.79 Å². The van der Waals surface area contributed by atoms with E-state index in [-0.39, 0.29) is 6.79 Å². The zero-order valence-electron chi connectivity index (χ0n) is 18.4. The molecule has 32 heavy (non-hydrogen) atoms. The fourth-order valence-corrected chi connectivity index (χ4v) is 4.06. The maximum absolute atomic E-state index is 5.98. The van der Waals surface area contributed by atoms with Crippen molar-refractivity contribution >= 4 is 16.5 Å². The quantitative estimate of drug-likeness (QED) is 0.417. The SMILES string of the molecule is COc1ccc(-c2cc(OC)c3c(C)oc(C)c3c(=Nc3ccc4c(c3)OCO4)c2)cc1. The van der Waals surface area contributed by atoms with Crippen LogP contribution in [0.4, 0.5) is 5.69 Å². The zero-order chi connectivity index (χ0) is 22.2. The average Bonchev–Trinajstić information content (AvgIpc) is 3.34. The molecule has 6 heteroatoms. The first-order chi connectivity index (χ1) is 15.6. The van der Waals surface area contributed by atoms with Crippen molar-refractivity contribution in [1.82, 2.24) is 0 Å². The summed E-state index contributed by atoms with van der Waals surface area (Å²) in [6.07, 6.45) is 0. The van der Waals surface area contributed by atoms with Crippen molar-refractivity contribution in [2.45, 2.75) is 13.8 Å². The van der Waals surface area contributed by atoms with Gasteiger partial charge < -0.3 is 23.4 Å². The molecule has 0 aliphatic carbocycles. The summed E-state index contributed by atoms with van der Waals surface area (Å²) >= 11 is 0. The van der Waals surface area contributed by atoms with E-state index in [0.717, 1.165) is 61.7 Å². The maximum atomic E-state index is 5.98. The molecule has 0 bridgehead atoms. The van der Waals surface area contributed by atoms with Crippen LogP contribution in [0.5, 0.6) is 23.0 Å². The smallest absolute Gasteiger partial charge is 0.231 e. The van der Waals surface area contributed by atoms with Gasteiger partial charge in [0.05, 0.1) is 36.0 Å². The molecule has 0 radical (unpaired) electrons. The lowest BCUT2D eigenvalue weighted by atomic mass is 10.1. The van der Waals surface area contributed by atoms with Crippen LogP contribution < -0.4 is 24.3 Å². The van der Waals surface area contributed by atoms with Gasteiger partial charge in [-0.3, -0.25) is 0 Å². The van der Waals surface area contributed by atoms with Crippen LogP contribution in [0.25, 0.3) is 21.9 Å². The van der Waals surface area contributed by atoms with Crippen LogP contribution in [-0.2, 0) is 0 Å². The summed E-state index contributed by atoms with van der Waals surface area (Å²) in [5.74, 6) is 4.52. The molecule has 4 aromatic rings. The summed E-state index contributed by atoms with van der Waals surface area (Å²) in [7, 11) is 3.33. The summed E-state index contributed by atoms with van der Waals surface area (Å²) in [5.41, 5.74) is 2.76. The van der Waals surface area contributed by atoms with Crippen molar-refractivity contribution in [1.29, 1.82) is 0 Å². The molecular weight excluding hydrogens is 406 g/mol. The molecule has 1 aromatic heterocycles. The Balaban J connectivity index is 1.82. The van der Waals surface area contributed by atoms with Gasteiger partial charge in [0.15, 0.2) is 11.5 Å². The molecule has 0 atom stereocenters. The van der Waals surface area contributed by atoms with Crippen LogP contribution in [-0.4, -0.2) is 21.0 Å². The van der Waals surface area contributed by atoms with Crippen LogP contribution in [0.15, 0.2) is 64.0 Å². The third kappa shape index (κ3) is 3.43. The normalized spacial score (nSPS) is 12.9. The lowest BCUT2D eigenvalue weighted by Crippen LogP contribution is -2.00. The summed E-state index contributed by atoms with van der Waals surface area (Å²) in [5, 5.41) is 2.60. The Hall–Kier alpha value is -3.93. The number of aryl methyl sites for hydroxylation is 2. The summed E-state index contributed by atoms with van der Waals surface area (Å²) in [6, 6.07) is 17.7. The Morgan fingerprint density at radius 3 is 2.25 bits per heavy atom. The molecule has 0 fully saturated rings. The van der Waals surface area contributed by atoms with Crippen LogP contribution in [0.3, 0.4) is 0 Å². The molecule has 1 aliphatic heterocycles. The molecule has 0 N–H and O–H groups in total. The molecule has 0 unspecified atom stereocenters. The van der Waals surface area contributed by atoms with E-state index in [4.69, 9.17) is 28.4 Å². The molecule has 6 nitrogen and oxygen atoms in total. The van der Waals surface area contributed by atoms with Gasteiger partial charge in [-0.25, -0.2) is 4.99 Å². The highest BCUT2D eigenvalue weighted by Gasteiger charge is 2.16. The highest BCUT2D eigenvalue weighted by molar-refractivity contribution is 5.93.